The molecule has 0 fully saturated rings. The molecule has 0 radical (unpaired) electrons. The van der Waals surface area contributed by atoms with Crippen LogP contribution in [0.4, 0.5) is 0 Å². The second-order valence-electron chi connectivity index (χ2n) is 5.60. The lowest BCUT2D eigenvalue weighted by molar-refractivity contribution is 0.0659. The number of benzene rings is 1. The number of hydrogen-bond acceptors (Lipinski definition) is 4. The molecule has 0 atom stereocenters. The maximum atomic E-state index is 11.4. The summed E-state index contributed by atoms with van der Waals surface area (Å²) in [5.74, 6) is -0.367. The number of carboxylic acids is 1. The number of oxazole rings is 1. The third-order valence-corrected chi connectivity index (χ3v) is 3.63. The van der Waals surface area contributed by atoms with Crippen molar-refractivity contribution in [3.8, 4) is 17.2 Å². The number of ether oxygens (including phenoxy) is 1. The predicted molar refractivity (Wildman–Crippen MR) is 81.9 cm³/mol. The van der Waals surface area contributed by atoms with E-state index in [-0.39, 0.29) is 11.7 Å². The van der Waals surface area contributed by atoms with Crippen molar-refractivity contribution in [1.29, 1.82) is 0 Å². The molecular weight excluding hydrogens is 338 g/mol. The number of aromatic nitrogens is 1. The first kappa shape index (κ1) is 15.6. The summed E-state index contributed by atoms with van der Waals surface area (Å²) >= 11 is 3.41. The molecule has 0 unspecified atom stereocenters. The van der Waals surface area contributed by atoms with Gasteiger partial charge >= 0.3 is 5.97 Å². The molecule has 1 aromatic carbocycles. The van der Waals surface area contributed by atoms with Crippen molar-refractivity contribution in [3.63, 3.8) is 0 Å². The van der Waals surface area contributed by atoms with E-state index in [9.17, 15) is 9.90 Å². The van der Waals surface area contributed by atoms with Crippen molar-refractivity contribution >= 4 is 21.9 Å². The van der Waals surface area contributed by atoms with Gasteiger partial charge in [-0.3, -0.25) is 0 Å². The summed E-state index contributed by atoms with van der Waals surface area (Å²) in [6, 6.07) is 5.34. The Labute approximate surface area is 131 Å². The Hall–Kier alpha value is -1.82. The highest BCUT2D eigenvalue weighted by Crippen LogP contribution is 2.35. The van der Waals surface area contributed by atoms with Crippen molar-refractivity contribution in [2.24, 2.45) is 0 Å². The number of methoxy groups -OCH3 is 1. The SMILES string of the molecule is COc1ccc(Br)c(-c2nc(C(C)(C)C)c(C(=O)O)o2)c1. The highest BCUT2D eigenvalue weighted by Gasteiger charge is 2.29. The van der Waals surface area contributed by atoms with Gasteiger partial charge in [0.05, 0.1) is 12.7 Å². The number of halogens is 1. The van der Waals surface area contributed by atoms with Gasteiger partial charge in [0.1, 0.15) is 11.4 Å². The van der Waals surface area contributed by atoms with Gasteiger partial charge in [-0.25, -0.2) is 9.78 Å². The van der Waals surface area contributed by atoms with Crippen LogP contribution in [0.3, 0.4) is 0 Å². The molecule has 1 heterocycles. The molecule has 0 aliphatic heterocycles. The lowest BCUT2D eigenvalue weighted by atomic mass is 9.91. The van der Waals surface area contributed by atoms with Crippen molar-refractivity contribution in [2.45, 2.75) is 26.2 Å². The number of carbonyl (C=O) groups is 1. The van der Waals surface area contributed by atoms with E-state index in [1.165, 1.54) is 0 Å². The largest absolute Gasteiger partial charge is 0.497 e. The zero-order valence-corrected chi connectivity index (χ0v) is 13.8. The van der Waals surface area contributed by atoms with Gasteiger partial charge in [0.2, 0.25) is 11.7 Å². The molecule has 1 aromatic heterocycles. The van der Waals surface area contributed by atoms with E-state index in [4.69, 9.17) is 9.15 Å². The minimum atomic E-state index is -1.13. The zero-order valence-electron chi connectivity index (χ0n) is 12.2. The first-order valence-electron chi connectivity index (χ1n) is 6.32. The fourth-order valence-corrected chi connectivity index (χ4v) is 2.30. The third kappa shape index (κ3) is 3.10. The van der Waals surface area contributed by atoms with E-state index in [0.717, 1.165) is 4.47 Å². The molecular formula is C15H16BrNO4. The molecule has 0 aliphatic rings. The smallest absolute Gasteiger partial charge is 0.373 e. The van der Waals surface area contributed by atoms with Crippen LogP contribution in [-0.4, -0.2) is 23.2 Å². The third-order valence-electron chi connectivity index (χ3n) is 2.94. The number of carboxylic acid groups (broad SMARTS) is 1. The van der Waals surface area contributed by atoms with Crippen LogP contribution in [0, 0.1) is 0 Å². The van der Waals surface area contributed by atoms with Crippen molar-refractivity contribution in [1.82, 2.24) is 4.98 Å². The number of hydrogen-bond donors (Lipinski definition) is 1. The topological polar surface area (TPSA) is 72.6 Å². The second kappa shape index (κ2) is 5.52. The average Bonchev–Trinajstić information content (AvgIpc) is 2.84. The van der Waals surface area contributed by atoms with E-state index in [2.05, 4.69) is 20.9 Å². The normalized spacial score (nSPS) is 11.5. The van der Waals surface area contributed by atoms with Crippen molar-refractivity contribution < 1.29 is 19.1 Å². The van der Waals surface area contributed by atoms with Crippen molar-refractivity contribution in [3.05, 3.63) is 34.1 Å². The van der Waals surface area contributed by atoms with Crippen LogP contribution in [0.5, 0.6) is 5.75 Å². The van der Waals surface area contributed by atoms with Gasteiger partial charge in [-0.1, -0.05) is 20.8 Å². The maximum Gasteiger partial charge on any atom is 0.373 e. The van der Waals surface area contributed by atoms with E-state index in [1.54, 1.807) is 25.3 Å². The van der Waals surface area contributed by atoms with Gasteiger partial charge in [0.25, 0.3) is 0 Å². The van der Waals surface area contributed by atoms with Gasteiger partial charge in [-0.05, 0) is 34.1 Å². The minimum Gasteiger partial charge on any atom is -0.497 e. The number of nitrogens with zero attached hydrogens (tertiary/aromatic N) is 1. The molecule has 0 bridgehead atoms. The molecule has 6 heteroatoms. The monoisotopic (exact) mass is 353 g/mol. The number of aromatic carboxylic acids is 1. The molecule has 2 aromatic rings. The maximum absolute atomic E-state index is 11.4. The Kier molecular flexibility index (Phi) is 4.09. The van der Waals surface area contributed by atoms with Gasteiger partial charge in [-0.15, -0.1) is 0 Å². The van der Waals surface area contributed by atoms with Crippen LogP contribution in [0.2, 0.25) is 0 Å². The summed E-state index contributed by atoms with van der Waals surface area (Å²) in [6.07, 6.45) is 0. The zero-order chi connectivity index (χ0) is 15.8. The van der Waals surface area contributed by atoms with E-state index < -0.39 is 11.4 Å². The molecule has 0 saturated heterocycles. The van der Waals surface area contributed by atoms with Gasteiger partial charge < -0.3 is 14.3 Å². The van der Waals surface area contributed by atoms with E-state index >= 15 is 0 Å². The first-order valence-corrected chi connectivity index (χ1v) is 7.12. The van der Waals surface area contributed by atoms with E-state index in [0.29, 0.717) is 17.0 Å². The molecule has 112 valence electrons. The summed E-state index contributed by atoms with van der Waals surface area (Å²) in [6.45, 7) is 5.67. The van der Waals surface area contributed by atoms with Crippen molar-refractivity contribution in [2.75, 3.05) is 7.11 Å². The fourth-order valence-electron chi connectivity index (χ4n) is 1.88. The summed E-state index contributed by atoms with van der Waals surface area (Å²) in [4.78, 5) is 15.7. The highest BCUT2D eigenvalue weighted by atomic mass is 79.9. The minimum absolute atomic E-state index is 0.132. The Balaban J connectivity index is 2.63. The van der Waals surface area contributed by atoms with Gasteiger partial charge in [0.15, 0.2) is 0 Å². The molecule has 0 saturated carbocycles. The Bertz CT molecular complexity index is 685. The summed E-state index contributed by atoms with van der Waals surface area (Å²) < 4.78 is 11.4. The molecule has 0 amide bonds. The standard InChI is InChI=1S/C15H16BrNO4/c1-15(2,3)12-11(14(18)19)21-13(17-12)9-7-8(20-4)5-6-10(9)16/h5-7H,1-4H3,(H,18,19). The van der Waals surface area contributed by atoms with Crippen LogP contribution in [0.15, 0.2) is 27.1 Å². The van der Waals surface area contributed by atoms with Crippen LogP contribution in [-0.2, 0) is 5.41 Å². The predicted octanol–water partition coefficient (Wildman–Crippen LogP) is 4.11. The average molecular weight is 354 g/mol. The van der Waals surface area contributed by atoms with Gasteiger partial charge in [-0.2, -0.15) is 0 Å². The van der Waals surface area contributed by atoms with E-state index in [1.807, 2.05) is 20.8 Å². The molecule has 21 heavy (non-hydrogen) atoms. The quantitative estimate of drug-likeness (QED) is 0.898. The van der Waals surface area contributed by atoms with Crippen LogP contribution < -0.4 is 4.74 Å². The lowest BCUT2D eigenvalue weighted by Gasteiger charge is -2.14. The highest BCUT2D eigenvalue weighted by molar-refractivity contribution is 9.10. The first-order chi connectivity index (χ1) is 9.74. The Morgan fingerprint density at radius 3 is 2.52 bits per heavy atom. The number of rotatable bonds is 3. The molecule has 0 aliphatic carbocycles. The van der Waals surface area contributed by atoms with Crippen LogP contribution in [0.1, 0.15) is 37.0 Å². The lowest BCUT2D eigenvalue weighted by Crippen LogP contribution is -2.16. The van der Waals surface area contributed by atoms with Crippen LogP contribution in [0.25, 0.3) is 11.5 Å². The molecule has 1 N–H and O–H groups in total. The van der Waals surface area contributed by atoms with Gasteiger partial charge in [0, 0.05) is 9.89 Å². The second-order valence-corrected chi connectivity index (χ2v) is 6.45. The molecule has 5 nitrogen and oxygen atoms in total. The van der Waals surface area contributed by atoms with Crippen LogP contribution >= 0.6 is 15.9 Å². The molecule has 0 spiro atoms. The fraction of sp³-hybridized carbons (Fsp3) is 0.333. The summed E-state index contributed by atoms with van der Waals surface area (Å²) in [5.41, 5.74) is 0.632. The molecule has 2 rings (SSSR count). The summed E-state index contributed by atoms with van der Waals surface area (Å²) in [7, 11) is 1.56. The summed E-state index contributed by atoms with van der Waals surface area (Å²) in [5, 5.41) is 9.29. The Morgan fingerprint density at radius 1 is 1.38 bits per heavy atom. The Morgan fingerprint density at radius 2 is 2.05 bits per heavy atom.